The Morgan fingerprint density at radius 3 is 2.65 bits per heavy atom. The number of ether oxygens (including phenoxy) is 1. The molecule has 1 rings (SSSR count). The molecule has 1 aromatic rings. The van der Waals surface area contributed by atoms with Crippen LogP contribution in [0.1, 0.15) is 38.6 Å². The van der Waals surface area contributed by atoms with Gasteiger partial charge in [0.15, 0.2) is 0 Å². The summed E-state index contributed by atoms with van der Waals surface area (Å²) in [4.78, 5) is 14.9. The van der Waals surface area contributed by atoms with E-state index < -0.39 is 5.60 Å². The molecule has 17 heavy (non-hydrogen) atoms. The van der Waals surface area contributed by atoms with Gasteiger partial charge < -0.3 is 4.74 Å². The van der Waals surface area contributed by atoms with E-state index in [-0.39, 0.29) is 12.0 Å². The van der Waals surface area contributed by atoms with E-state index in [0.717, 1.165) is 0 Å². The van der Waals surface area contributed by atoms with Crippen LogP contribution in [0.5, 0.6) is 0 Å². The Bertz CT molecular complexity index is 354. The fourth-order valence-corrected chi connectivity index (χ4v) is 2.31. The van der Waals surface area contributed by atoms with Crippen LogP contribution in [-0.4, -0.2) is 30.1 Å². The van der Waals surface area contributed by atoms with Crippen molar-refractivity contribution in [3.8, 4) is 0 Å². The fourth-order valence-electron chi connectivity index (χ4n) is 1.46. The number of likely N-dealkylation sites (N-methyl/N-ethyl adjacent to an activating group) is 1. The molecule has 0 aliphatic rings. The third-order valence-electron chi connectivity index (χ3n) is 2.41. The van der Waals surface area contributed by atoms with E-state index in [1.807, 2.05) is 44.2 Å². The van der Waals surface area contributed by atoms with Crippen LogP contribution < -0.4 is 0 Å². The highest BCUT2D eigenvalue weighted by Gasteiger charge is 2.20. The summed E-state index contributed by atoms with van der Waals surface area (Å²) in [6.45, 7) is 8.06. The maximum Gasteiger partial charge on any atom is 0.320 e. The minimum Gasteiger partial charge on any atom is -0.459 e. The first kappa shape index (κ1) is 14.2. The molecule has 0 N–H and O–H groups in total. The highest BCUT2D eigenvalue weighted by atomic mass is 32.1. The predicted molar refractivity (Wildman–Crippen MR) is 71.2 cm³/mol. The average molecular weight is 255 g/mol. The van der Waals surface area contributed by atoms with Gasteiger partial charge in [-0.3, -0.25) is 9.69 Å². The Labute approximate surface area is 107 Å². The van der Waals surface area contributed by atoms with Crippen molar-refractivity contribution in [1.82, 2.24) is 4.90 Å². The normalized spacial score (nSPS) is 13.8. The molecule has 0 amide bonds. The molecule has 1 heterocycles. The fraction of sp³-hybridized carbons (Fsp3) is 0.615. The van der Waals surface area contributed by atoms with E-state index in [1.54, 1.807) is 11.3 Å². The molecule has 4 heteroatoms. The zero-order valence-corrected chi connectivity index (χ0v) is 12.0. The van der Waals surface area contributed by atoms with Crippen LogP contribution in [0.3, 0.4) is 0 Å². The molecule has 0 spiro atoms. The first-order valence-electron chi connectivity index (χ1n) is 5.75. The molecule has 0 aromatic carbocycles. The van der Waals surface area contributed by atoms with Gasteiger partial charge in [-0.15, -0.1) is 11.3 Å². The molecule has 1 atom stereocenters. The van der Waals surface area contributed by atoms with Gasteiger partial charge in [-0.2, -0.15) is 0 Å². The van der Waals surface area contributed by atoms with Crippen molar-refractivity contribution in [2.75, 3.05) is 13.6 Å². The SMILES string of the molecule is CC(c1cccs1)N(C)CC(=O)OC(C)(C)C. The van der Waals surface area contributed by atoms with Crippen molar-refractivity contribution >= 4 is 17.3 Å². The number of rotatable bonds is 4. The second-order valence-electron chi connectivity index (χ2n) is 5.19. The molecular weight excluding hydrogens is 234 g/mol. The second kappa shape index (κ2) is 5.65. The lowest BCUT2D eigenvalue weighted by Gasteiger charge is -2.25. The maximum atomic E-state index is 11.7. The first-order valence-corrected chi connectivity index (χ1v) is 6.63. The van der Waals surface area contributed by atoms with Gasteiger partial charge in [-0.1, -0.05) is 6.07 Å². The lowest BCUT2D eigenvalue weighted by Crippen LogP contribution is -2.33. The van der Waals surface area contributed by atoms with Gasteiger partial charge in [0.05, 0.1) is 6.54 Å². The number of nitrogens with zero attached hydrogens (tertiary/aromatic N) is 1. The van der Waals surface area contributed by atoms with E-state index in [1.165, 1.54) is 4.88 Å². The van der Waals surface area contributed by atoms with E-state index in [2.05, 4.69) is 13.0 Å². The number of thiophene rings is 1. The Hall–Kier alpha value is -0.870. The third kappa shape index (κ3) is 4.88. The summed E-state index contributed by atoms with van der Waals surface area (Å²) in [6.07, 6.45) is 0. The van der Waals surface area contributed by atoms with Crippen LogP contribution in [0.2, 0.25) is 0 Å². The number of carbonyl (C=O) groups excluding carboxylic acids is 1. The molecule has 0 radical (unpaired) electrons. The van der Waals surface area contributed by atoms with E-state index >= 15 is 0 Å². The van der Waals surface area contributed by atoms with Crippen LogP contribution in [0, 0.1) is 0 Å². The summed E-state index contributed by atoms with van der Waals surface area (Å²) < 4.78 is 5.30. The van der Waals surface area contributed by atoms with Crippen molar-refractivity contribution < 1.29 is 9.53 Å². The Morgan fingerprint density at radius 2 is 2.18 bits per heavy atom. The van der Waals surface area contributed by atoms with Crippen LogP contribution in [-0.2, 0) is 9.53 Å². The minimum absolute atomic E-state index is 0.177. The molecule has 0 aliphatic carbocycles. The molecule has 0 saturated carbocycles. The summed E-state index contributed by atoms with van der Waals surface area (Å²) in [6, 6.07) is 4.35. The highest BCUT2D eigenvalue weighted by molar-refractivity contribution is 7.10. The molecular formula is C13H21NO2S. The van der Waals surface area contributed by atoms with E-state index in [9.17, 15) is 4.79 Å². The van der Waals surface area contributed by atoms with Crippen molar-refractivity contribution in [2.45, 2.75) is 39.3 Å². The highest BCUT2D eigenvalue weighted by Crippen LogP contribution is 2.23. The summed E-state index contributed by atoms with van der Waals surface area (Å²) in [5.41, 5.74) is -0.413. The lowest BCUT2D eigenvalue weighted by molar-refractivity contribution is -0.156. The molecule has 96 valence electrons. The standard InChI is InChI=1S/C13H21NO2S/c1-10(11-7-6-8-17-11)14(5)9-12(15)16-13(2,3)4/h6-8,10H,9H2,1-5H3. The van der Waals surface area contributed by atoms with Crippen molar-refractivity contribution in [3.63, 3.8) is 0 Å². The molecule has 1 unspecified atom stereocenters. The van der Waals surface area contributed by atoms with E-state index in [0.29, 0.717) is 6.54 Å². The van der Waals surface area contributed by atoms with Crippen molar-refractivity contribution in [1.29, 1.82) is 0 Å². The topological polar surface area (TPSA) is 29.5 Å². The second-order valence-corrected chi connectivity index (χ2v) is 6.17. The molecule has 3 nitrogen and oxygen atoms in total. The van der Waals surface area contributed by atoms with Gasteiger partial charge in [0.25, 0.3) is 0 Å². The van der Waals surface area contributed by atoms with Gasteiger partial charge in [0.1, 0.15) is 5.60 Å². The maximum absolute atomic E-state index is 11.7. The van der Waals surface area contributed by atoms with Crippen molar-refractivity contribution in [2.24, 2.45) is 0 Å². The molecule has 1 aromatic heterocycles. The zero-order chi connectivity index (χ0) is 13.1. The summed E-state index contributed by atoms with van der Waals surface area (Å²) in [5.74, 6) is -0.177. The number of esters is 1. The molecule has 0 fully saturated rings. The van der Waals surface area contributed by atoms with Gasteiger partial charge >= 0.3 is 5.97 Å². The predicted octanol–water partition coefficient (Wildman–Crippen LogP) is 3.08. The minimum atomic E-state index is -0.413. The Balaban J connectivity index is 2.49. The van der Waals surface area contributed by atoms with Gasteiger partial charge in [-0.05, 0) is 46.2 Å². The molecule has 0 saturated heterocycles. The molecule has 0 aliphatic heterocycles. The third-order valence-corrected chi connectivity index (χ3v) is 3.46. The smallest absolute Gasteiger partial charge is 0.320 e. The summed E-state index contributed by atoms with van der Waals surface area (Å²) in [5, 5.41) is 2.05. The Morgan fingerprint density at radius 1 is 1.53 bits per heavy atom. The largest absolute Gasteiger partial charge is 0.459 e. The first-order chi connectivity index (χ1) is 7.79. The quantitative estimate of drug-likeness (QED) is 0.774. The molecule has 0 bridgehead atoms. The van der Waals surface area contributed by atoms with Crippen LogP contribution in [0.4, 0.5) is 0 Å². The van der Waals surface area contributed by atoms with Gasteiger partial charge in [-0.25, -0.2) is 0 Å². The number of hydrogen-bond donors (Lipinski definition) is 0. The van der Waals surface area contributed by atoms with Crippen LogP contribution in [0.25, 0.3) is 0 Å². The monoisotopic (exact) mass is 255 g/mol. The van der Waals surface area contributed by atoms with Crippen LogP contribution in [0.15, 0.2) is 17.5 Å². The number of carbonyl (C=O) groups is 1. The zero-order valence-electron chi connectivity index (χ0n) is 11.2. The Kier molecular flexibility index (Phi) is 4.71. The average Bonchev–Trinajstić information content (AvgIpc) is 2.65. The van der Waals surface area contributed by atoms with E-state index in [4.69, 9.17) is 4.74 Å². The lowest BCUT2D eigenvalue weighted by atomic mass is 10.2. The van der Waals surface area contributed by atoms with Gasteiger partial charge in [0, 0.05) is 10.9 Å². The van der Waals surface area contributed by atoms with Gasteiger partial charge in [0.2, 0.25) is 0 Å². The summed E-state index contributed by atoms with van der Waals surface area (Å²) >= 11 is 1.71. The van der Waals surface area contributed by atoms with Crippen molar-refractivity contribution in [3.05, 3.63) is 22.4 Å². The number of hydrogen-bond acceptors (Lipinski definition) is 4. The summed E-state index contributed by atoms with van der Waals surface area (Å²) in [7, 11) is 1.94. The van der Waals surface area contributed by atoms with Crippen LogP contribution >= 0.6 is 11.3 Å².